The number of hydrogen-bond donors (Lipinski definition) is 1. The number of rotatable bonds is 3. The van der Waals surface area contributed by atoms with Crippen LogP contribution >= 0.6 is 0 Å². The minimum Gasteiger partial charge on any atom is -0.497 e. The van der Waals surface area contributed by atoms with Crippen molar-refractivity contribution in [3.63, 3.8) is 0 Å². The fraction of sp³-hybridized carbons (Fsp3) is 0.407. The number of benzene rings is 2. The van der Waals surface area contributed by atoms with Gasteiger partial charge >= 0.3 is 0 Å². The second-order valence-electron chi connectivity index (χ2n) is 8.68. The summed E-state index contributed by atoms with van der Waals surface area (Å²) in [6.07, 6.45) is 14.2. The Morgan fingerprint density at radius 3 is 2.55 bits per heavy atom. The van der Waals surface area contributed by atoms with Crippen molar-refractivity contribution in [3.05, 3.63) is 70.9 Å². The molecule has 5 rings (SSSR count). The number of H-pyrrole nitrogens is 1. The predicted octanol–water partition coefficient (Wildman–Crippen LogP) is 7.38. The zero-order chi connectivity index (χ0) is 19.6. The molecule has 0 spiro atoms. The van der Waals surface area contributed by atoms with Gasteiger partial charge in [0.15, 0.2) is 0 Å². The van der Waals surface area contributed by atoms with E-state index < -0.39 is 0 Å². The number of hydrogen-bond acceptors (Lipinski definition) is 1. The molecule has 0 amide bonds. The first-order valence-electron chi connectivity index (χ1n) is 11.3. The van der Waals surface area contributed by atoms with Crippen LogP contribution in [0.3, 0.4) is 0 Å². The Balaban J connectivity index is 1.66. The topological polar surface area (TPSA) is 25.0 Å². The van der Waals surface area contributed by atoms with E-state index in [9.17, 15) is 0 Å². The van der Waals surface area contributed by atoms with E-state index in [1.54, 1.807) is 7.11 Å². The van der Waals surface area contributed by atoms with Crippen molar-refractivity contribution in [2.24, 2.45) is 0 Å². The van der Waals surface area contributed by atoms with E-state index in [0.29, 0.717) is 5.92 Å². The number of allylic oxidation sites excluding steroid dienone is 1. The van der Waals surface area contributed by atoms with Gasteiger partial charge in [-0.05, 0) is 66.5 Å². The van der Waals surface area contributed by atoms with E-state index in [0.717, 1.165) is 18.6 Å². The Hall–Kier alpha value is -2.48. The molecular weight excluding hydrogens is 354 g/mol. The van der Waals surface area contributed by atoms with Gasteiger partial charge in [0.05, 0.1) is 7.11 Å². The zero-order valence-corrected chi connectivity index (χ0v) is 17.5. The van der Waals surface area contributed by atoms with E-state index in [1.165, 1.54) is 83.8 Å². The molecule has 0 bridgehead atoms. The van der Waals surface area contributed by atoms with Crippen LogP contribution in [0.1, 0.15) is 79.7 Å². The third kappa shape index (κ3) is 3.50. The smallest absolute Gasteiger partial charge is 0.119 e. The van der Waals surface area contributed by atoms with E-state index in [1.807, 2.05) is 0 Å². The Morgan fingerprint density at radius 2 is 1.72 bits per heavy atom. The summed E-state index contributed by atoms with van der Waals surface area (Å²) in [4.78, 5) is 3.87. The number of methoxy groups -OCH3 is 1. The van der Waals surface area contributed by atoms with Crippen LogP contribution in [0.2, 0.25) is 0 Å². The lowest BCUT2D eigenvalue weighted by Gasteiger charge is -2.24. The molecule has 2 heteroatoms. The van der Waals surface area contributed by atoms with Crippen LogP contribution in [0.5, 0.6) is 5.75 Å². The SMILES string of the molecule is COc1ccc2c(c1)CCC=C2c1c(C2CCCCCCC2)[nH]c2ccccc12. The third-order valence-corrected chi connectivity index (χ3v) is 6.88. The van der Waals surface area contributed by atoms with Gasteiger partial charge in [-0.2, -0.15) is 0 Å². The maximum absolute atomic E-state index is 5.50. The molecule has 0 aliphatic heterocycles. The van der Waals surface area contributed by atoms with E-state index in [4.69, 9.17) is 4.74 Å². The second kappa shape index (κ2) is 8.10. The number of aromatic nitrogens is 1. The minimum absolute atomic E-state index is 0.641. The van der Waals surface area contributed by atoms with Gasteiger partial charge in [0, 0.05) is 22.2 Å². The van der Waals surface area contributed by atoms with Crippen molar-refractivity contribution in [2.75, 3.05) is 7.11 Å². The Morgan fingerprint density at radius 1 is 0.931 bits per heavy atom. The summed E-state index contributed by atoms with van der Waals surface area (Å²) in [5.41, 5.74) is 8.43. The lowest BCUT2D eigenvalue weighted by Crippen LogP contribution is -2.08. The molecule has 1 N–H and O–H groups in total. The van der Waals surface area contributed by atoms with Gasteiger partial charge in [0.1, 0.15) is 5.75 Å². The van der Waals surface area contributed by atoms with Gasteiger partial charge in [0.25, 0.3) is 0 Å². The van der Waals surface area contributed by atoms with Crippen LogP contribution in [0.25, 0.3) is 16.5 Å². The number of nitrogens with one attached hydrogen (secondary N) is 1. The second-order valence-corrected chi connectivity index (χ2v) is 8.68. The molecule has 2 aliphatic rings. The van der Waals surface area contributed by atoms with Crippen molar-refractivity contribution in [1.29, 1.82) is 0 Å². The monoisotopic (exact) mass is 385 g/mol. The number of aromatic amines is 1. The van der Waals surface area contributed by atoms with Gasteiger partial charge < -0.3 is 9.72 Å². The highest BCUT2D eigenvalue weighted by Crippen LogP contribution is 2.43. The Labute approximate surface area is 174 Å². The Kier molecular flexibility index (Phi) is 5.18. The molecule has 0 atom stereocenters. The van der Waals surface area contributed by atoms with Gasteiger partial charge in [-0.3, -0.25) is 0 Å². The van der Waals surface area contributed by atoms with E-state index >= 15 is 0 Å². The molecule has 1 fully saturated rings. The highest BCUT2D eigenvalue weighted by Gasteiger charge is 2.25. The third-order valence-electron chi connectivity index (χ3n) is 6.88. The maximum Gasteiger partial charge on any atom is 0.119 e. The number of ether oxygens (including phenoxy) is 1. The molecule has 1 heterocycles. The quantitative estimate of drug-likeness (QED) is 0.500. The summed E-state index contributed by atoms with van der Waals surface area (Å²) >= 11 is 0. The van der Waals surface area contributed by atoms with Gasteiger partial charge in [0.2, 0.25) is 0 Å². The molecule has 2 aliphatic carbocycles. The van der Waals surface area contributed by atoms with Crippen molar-refractivity contribution >= 4 is 16.5 Å². The zero-order valence-electron chi connectivity index (χ0n) is 17.5. The largest absolute Gasteiger partial charge is 0.497 e. The number of aryl methyl sites for hydroxylation is 1. The lowest BCUT2D eigenvalue weighted by molar-refractivity contribution is 0.414. The molecule has 150 valence electrons. The fourth-order valence-electron chi connectivity index (χ4n) is 5.39. The maximum atomic E-state index is 5.50. The highest BCUT2D eigenvalue weighted by atomic mass is 16.5. The first-order valence-corrected chi connectivity index (χ1v) is 11.3. The summed E-state index contributed by atoms with van der Waals surface area (Å²) < 4.78 is 5.50. The summed E-state index contributed by atoms with van der Waals surface area (Å²) in [6.45, 7) is 0. The summed E-state index contributed by atoms with van der Waals surface area (Å²) in [5.74, 6) is 1.60. The summed E-state index contributed by atoms with van der Waals surface area (Å²) in [7, 11) is 1.76. The highest BCUT2D eigenvalue weighted by molar-refractivity contribution is 5.99. The molecule has 2 nitrogen and oxygen atoms in total. The minimum atomic E-state index is 0.641. The van der Waals surface area contributed by atoms with Crippen molar-refractivity contribution in [2.45, 2.75) is 63.7 Å². The normalized spacial score (nSPS) is 18.0. The number of para-hydroxylation sites is 1. The summed E-state index contributed by atoms with van der Waals surface area (Å²) in [6, 6.07) is 15.5. The van der Waals surface area contributed by atoms with Crippen LogP contribution in [0.4, 0.5) is 0 Å². The van der Waals surface area contributed by atoms with Crippen LogP contribution in [0.15, 0.2) is 48.5 Å². The molecule has 29 heavy (non-hydrogen) atoms. The standard InChI is InChI=1S/C27H31NO/c1-29-21-16-17-22-20(18-21)12-9-14-23(22)26-24-13-7-8-15-25(24)28-27(26)19-10-5-3-2-4-6-11-19/h7-8,13-19,28H,2-6,9-12H2,1H3. The predicted molar refractivity (Wildman–Crippen MR) is 122 cm³/mol. The van der Waals surface area contributed by atoms with Crippen LogP contribution in [0, 0.1) is 0 Å². The van der Waals surface area contributed by atoms with Crippen LogP contribution in [-0.4, -0.2) is 12.1 Å². The van der Waals surface area contributed by atoms with Crippen molar-refractivity contribution in [1.82, 2.24) is 4.98 Å². The average Bonchev–Trinajstić information content (AvgIpc) is 3.12. The molecule has 1 saturated carbocycles. The molecule has 1 aromatic heterocycles. The Bertz CT molecular complexity index is 1030. The van der Waals surface area contributed by atoms with E-state index in [-0.39, 0.29) is 0 Å². The molecule has 0 saturated heterocycles. The average molecular weight is 386 g/mol. The van der Waals surface area contributed by atoms with E-state index in [2.05, 4.69) is 53.5 Å². The summed E-state index contributed by atoms with van der Waals surface area (Å²) in [5, 5.41) is 1.37. The first kappa shape index (κ1) is 18.5. The molecular formula is C27H31NO. The van der Waals surface area contributed by atoms with Crippen LogP contribution in [-0.2, 0) is 6.42 Å². The molecule has 0 unspecified atom stereocenters. The molecule has 2 aromatic carbocycles. The first-order chi connectivity index (χ1) is 14.3. The van der Waals surface area contributed by atoms with Crippen molar-refractivity contribution < 1.29 is 4.74 Å². The lowest BCUT2D eigenvalue weighted by atomic mass is 9.81. The van der Waals surface area contributed by atoms with Gasteiger partial charge in [-0.1, -0.05) is 62.4 Å². The van der Waals surface area contributed by atoms with Gasteiger partial charge in [-0.25, -0.2) is 0 Å². The van der Waals surface area contributed by atoms with Crippen LogP contribution < -0.4 is 4.74 Å². The fourth-order valence-corrected chi connectivity index (χ4v) is 5.39. The van der Waals surface area contributed by atoms with Gasteiger partial charge in [-0.15, -0.1) is 0 Å². The molecule has 0 radical (unpaired) electrons. The number of fused-ring (bicyclic) bond motifs is 2. The van der Waals surface area contributed by atoms with Crippen molar-refractivity contribution in [3.8, 4) is 5.75 Å². The molecule has 3 aromatic rings.